The number of carbonyl (C=O) groups is 1. The van der Waals surface area contributed by atoms with Crippen LogP contribution in [0.15, 0.2) is 24.4 Å². The van der Waals surface area contributed by atoms with E-state index in [1.54, 1.807) is 13.0 Å². The van der Waals surface area contributed by atoms with Crippen molar-refractivity contribution in [1.82, 2.24) is 14.9 Å². The SMILES string of the molecule is CCN1C(=O)C(F)(F)Oc2cc(Nc3ncc(F)c(NC4CC(C)(C)N(C)C(C)(CC)C4)n3)ccc21. The summed E-state index contributed by atoms with van der Waals surface area (Å²) in [5.74, 6) is -1.98. The van der Waals surface area contributed by atoms with E-state index >= 15 is 0 Å². The van der Waals surface area contributed by atoms with Gasteiger partial charge in [0.1, 0.15) is 0 Å². The molecule has 2 N–H and O–H groups in total. The Balaban J connectivity index is 1.55. The van der Waals surface area contributed by atoms with Crippen molar-refractivity contribution in [2.75, 3.05) is 29.1 Å². The maximum Gasteiger partial charge on any atom is 0.482 e. The fraction of sp³-hybridized carbons (Fsp3) is 0.560. The molecule has 1 aromatic carbocycles. The van der Waals surface area contributed by atoms with E-state index in [0.29, 0.717) is 5.69 Å². The molecule has 2 atom stereocenters. The van der Waals surface area contributed by atoms with Crippen LogP contribution in [0.2, 0.25) is 0 Å². The molecular weight excluding hydrogens is 473 g/mol. The summed E-state index contributed by atoms with van der Waals surface area (Å²) >= 11 is 0. The van der Waals surface area contributed by atoms with Crippen molar-refractivity contribution in [2.45, 2.75) is 77.1 Å². The van der Waals surface area contributed by atoms with Crippen LogP contribution in [0, 0.1) is 5.82 Å². The molecule has 2 aliphatic rings. The molecule has 2 aliphatic heterocycles. The van der Waals surface area contributed by atoms with Crippen LogP contribution in [0.1, 0.15) is 53.9 Å². The topological polar surface area (TPSA) is 82.6 Å². The van der Waals surface area contributed by atoms with Crippen molar-refractivity contribution in [1.29, 1.82) is 0 Å². The van der Waals surface area contributed by atoms with Crippen LogP contribution in [0.3, 0.4) is 0 Å². The molecule has 0 bridgehead atoms. The highest BCUT2D eigenvalue weighted by Crippen LogP contribution is 2.42. The summed E-state index contributed by atoms with van der Waals surface area (Å²) in [5.41, 5.74) is 0.448. The first-order valence-corrected chi connectivity index (χ1v) is 12.1. The molecule has 8 nitrogen and oxygen atoms in total. The van der Waals surface area contributed by atoms with Crippen LogP contribution in [-0.4, -0.2) is 57.6 Å². The van der Waals surface area contributed by atoms with Gasteiger partial charge in [-0.15, -0.1) is 0 Å². The number of alkyl halides is 2. The molecule has 0 spiro atoms. The molecule has 0 saturated carbocycles. The number of rotatable bonds is 6. The van der Waals surface area contributed by atoms with Gasteiger partial charge in [-0.2, -0.15) is 13.8 Å². The van der Waals surface area contributed by atoms with Crippen LogP contribution < -0.4 is 20.3 Å². The molecule has 3 heterocycles. The van der Waals surface area contributed by atoms with Crippen LogP contribution in [0.25, 0.3) is 0 Å². The van der Waals surface area contributed by atoms with E-state index in [-0.39, 0.29) is 46.9 Å². The zero-order valence-electron chi connectivity index (χ0n) is 21.5. The van der Waals surface area contributed by atoms with Crippen molar-refractivity contribution in [3.8, 4) is 5.75 Å². The lowest BCUT2D eigenvalue weighted by Gasteiger charge is -2.55. The standard InChI is InChI=1S/C25H33F3N6O2/c1-7-24(5)13-16(12-23(3,4)33(24)6)30-20-17(26)14-29-22(32-20)31-15-9-10-18-19(11-15)36-25(27,28)21(35)34(18)8-2/h9-11,14,16H,7-8,12-13H2,1-6H3,(H2,29,30,31,32). The maximum absolute atomic E-state index is 14.7. The number of fused-ring (bicyclic) bond motifs is 1. The number of nitrogens with one attached hydrogen (secondary N) is 2. The van der Waals surface area contributed by atoms with Crippen molar-refractivity contribution in [3.63, 3.8) is 0 Å². The molecule has 0 aliphatic carbocycles. The Morgan fingerprint density at radius 2 is 1.92 bits per heavy atom. The van der Waals surface area contributed by atoms with Crippen LogP contribution in [-0.2, 0) is 4.79 Å². The Morgan fingerprint density at radius 1 is 1.19 bits per heavy atom. The predicted octanol–water partition coefficient (Wildman–Crippen LogP) is 5.15. The molecular formula is C25H33F3N6O2. The molecule has 36 heavy (non-hydrogen) atoms. The number of hydrogen-bond donors (Lipinski definition) is 2. The van der Waals surface area contributed by atoms with Crippen molar-refractivity contribution in [3.05, 3.63) is 30.2 Å². The smallest absolute Gasteiger partial charge is 0.423 e. The van der Waals surface area contributed by atoms with Gasteiger partial charge >= 0.3 is 12.0 Å². The van der Waals surface area contributed by atoms with Crippen molar-refractivity contribution in [2.24, 2.45) is 0 Å². The average molecular weight is 507 g/mol. The summed E-state index contributed by atoms with van der Waals surface area (Å²) in [4.78, 5) is 23.6. The van der Waals surface area contributed by atoms with E-state index in [0.717, 1.165) is 30.4 Å². The monoisotopic (exact) mass is 506 g/mol. The average Bonchev–Trinajstić information content (AvgIpc) is 2.80. The number of hydrogen-bond acceptors (Lipinski definition) is 7. The lowest BCUT2D eigenvalue weighted by atomic mass is 9.75. The molecule has 2 aromatic rings. The van der Waals surface area contributed by atoms with Crippen molar-refractivity contribution >= 4 is 29.0 Å². The summed E-state index contributed by atoms with van der Waals surface area (Å²) < 4.78 is 47.4. The van der Waals surface area contributed by atoms with Crippen LogP contribution >= 0.6 is 0 Å². The van der Waals surface area contributed by atoms with Gasteiger partial charge in [-0.05, 0) is 66.1 Å². The number of halogens is 3. The molecule has 1 amide bonds. The van der Waals surface area contributed by atoms with Gasteiger partial charge < -0.3 is 20.3 Å². The first kappa shape index (κ1) is 26.0. The minimum Gasteiger partial charge on any atom is -0.423 e. The number of likely N-dealkylation sites (N-methyl/N-ethyl adjacent to an activating group) is 1. The Bertz CT molecular complexity index is 1160. The highest BCUT2D eigenvalue weighted by molar-refractivity contribution is 6.01. The van der Waals surface area contributed by atoms with E-state index < -0.39 is 17.8 Å². The van der Waals surface area contributed by atoms with E-state index in [4.69, 9.17) is 0 Å². The quantitative estimate of drug-likeness (QED) is 0.561. The second-order valence-corrected chi connectivity index (χ2v) is 10.3. The highest BCUT2D eigenvalue weighted by atomic mass is 19.3. The van der Waals surface area contributed by atoms with Gasteiger partial charge in [-0.25, -0.2) is 9.37 Å². The first-order valence-electron chi connectivity index (χ1n) is 12.1. The van der Waals surface area contributed by atoms with Gasteiger partial charge in [0.15, 0.2) is 17.4 Å². The second kappa shape index (κ2) is 9.10. The first-order chi connectivity index (χ1) is 16.8. The molecule has 1 fully saturated rings. The number of ether oxygens (including phenoxy) is 1. The fourth-order valence-electron chi connectivity index (χ4n) is 5.20. The van der Waals surface area contributed by atoms with Gasteiger partial charge in [0.2, 0.25) is 5.95 Å². The summed E-state index contributed by atoms with van der Waals surface area (Å²) in [6.45, 7) is 10.4. The van der Waals surface area contributed by atoms with E-state index in [1.807, 2.05) is 0 Å². The molecule has 1 aromatic heterocycles. The van der Waals surface area contributed by atoms with Gasteiger partial charge in [-0.1, -0.05) is 6.92 Å². The third-order valence-electron chi connectivity index (χ3n) is 7.55. The molecule has 1 saturated heterocycles. The Labute approximate surface area is 209 Å². The number of likely N-dealkylation sites (tertiary alicyclic amines) is 1. The molecule has 4 rings (SSSR count). The largest absolute Gasteiger partial charge is 0.482 e. The minimum atomic E-state index is -3.96. The molecule has 11 heteroatoms. The lowest BCUT2D eigenvalue weighted by molar-refractivity contribution is -0.192. The minimum absolute atomic E-state index is 0.00432. The third kappa shape index (κ3) is 4.68. The zero-order valence-corrected chi connectivity index (χ0v) is 21.5. The Kier molecular flexibility index (Phi) is 6.57. The van der Waals surface area contributed by atoms with Gasteiger partial charge in [0.05, 0.1) is 11.9 Å². The van der Waals surface area contributed by atoms with Gasteiger partial charge in [0.25, 0.3) is 0 Å². The summed E-state index contributed by atoms with van der Waals surface area (Å²) in [6.07, 6.45) is -0.325. The Morgan fingerprint density at radius 3 is 2.58 bits per heavy atom. The van der Waals surface area contributed by atoms with E-state index in [9.17, 15) is 18.0 Å². The predicted molar refractivity (Wildman–Crippen MR) is 132 cm³/mol. The molecule has 0 radical (unpaired) electrons. The highest BCUT2D eigenvalue weighted by Gasteiger charge is 2.50. The fourth-order valence-corrected chi connectivity index (χ4v) is 5.20. The van der Waals surface area contributed by atoms with E-state index in [2.05, 4.69) is 65.0 Å². The van der Waals surface area contributed by atoms with E-state index in [1.165, 1.54) is 12.1 Å². The normalized spacial score (nSPS) is 25.2. The molecule has 2 unspecified atom stereocenters. The lowest BCUT2D eigenvalue weighted by Crippen LogP contribution is -2.62. The number of aromatic nitrogens is 2. The third-order valence-corrected chi connectivity index (χ3v) is 7.55. The zero-order chi connectivity index (χ0) is 26.5. The summed E-state index contributed by atoms with van der Waals surface area (Å²) in [6, 6.07) is 4.43. The number of benzene rings is 1. The maximum atomic E-state index is 14.7. The van der Waals surface area contributed by atoms with Crippen LogP contribution in [0.4, 0.5) is 36.3 Å². The van der Waals surface area contributed by atoms with Gasteiger partial charge in [0, 0.05) is 35.4 Å². The van der Waals surface area contributed by atoms with Gasteiger partial charge in [-0.3, -0.25) is 9.69 Å². The number of carbonyl (C=O) groups excluding carboxylic acids is 1. The number of amides is 1. The second-order valence-electron chi connectivity index (χ2n) is 10.3. The molecule has 196 valence electrons. The number of nitrogens with zero attached hydrogens (tertiary/aromatic N) is 4. The van der Waals surface area contributed by atoms with Crippen LogP contribution in [0.5, 0.6) is 5.75 Å². The van der Waals surface area contributed by atoms with Crippen molar-refractivity contribution < 1.29 is 22.7 Å². The number of anilines is 4. The Hall–Kier alpha value is -3.08. The summed E-state index contributed by atoms with van der Waals surface area (Å²) in [5, 5.41) is 6.17. The summed E-state index contributed by atoms with van der Waals surface area (Å²) in [7, 11) is 2.13. The number of piperidine rings is 1.